The van der Waals surface area contributed by atoms with Crippen molar-refractivity contribution >= 4 is 10.1 Å². The van der Waals surface area contributed by atoms with Crippen LogP contribution in [0.4, 0.5) is 0 Å². The minimum Gasteiger partial charge on any atom is -0.377 e. The highest BCUT2D eigenvalue weighted by Crippen LogP contribution is 2.01. The zero-order valence-corrected chi connectivity index (χ0v) is 9.45. The lowest BCUT2D eigenvalue weighted by atomic mass is 10.2. The molecule has 5 heteroatoms. The normalized spacial score (nSPS) is 19.8. The molecule has 0 heterocycles. The average Bonchev–Trinajstić information content (AvgIpc) is 2.34. The van der Waals surface area contributed by atoms with Crippen molar-refractivity contribution in [3.8, 4) is 0 Å². The molecular formula is C11H16O4S. The number of hydrogen-bond donors (Lipinski definition) is 0. The predicted molar refractivity (Wildman–Crippen MR) is 61.5 cm³/mol. The van der Waals surface area contributed by atoms with Crippen LogP contribution >= 0.6 is 0 Å². The molecule has 0 fully saturated rings. The molecule has 0 amide bonds. The summed E-state index contributed by atoms with van der Waals surface area (Å²) >= 11 is 0. The molecule has 0 aliphatic heterocycles. The first-order valence-electron chi connectivity index (χ1n) is 7.37. The van der Waals surface area contributed by atoms with Crippen LogP contribution in [-0.4, -0.2) is 27.8 Å². The zero-order chi connectivity index (χ0) is 17.2. The molecule has 0 unspecified atom stereocenters. The van der Waals surface area contributed by atoms with E-state index in [4.69, 9.17) is 13.0 Å². The van der Waals surface area contributed by atoms with Gasteiger partial charge in [0.1, 0.15) is 0 Å². The van der Waals surface area contributed by atoms with Gasteiger partial charge in [-0.2, -0.15) is 8.42 Å². The molecule has 0 radical (unpaired) electrons. The minimum absolute atomic E-state index is 0.317. The van der Waals surface area contributed by atoms with Crippen molar-refractivity contribution in [2.45, 2.75) is 13.0 Å². The van der Waals surface area contributed by atoms with Crippen LogP contribution < -0.4 is 0 Å². The van der Waals surface area contributed by atoms with Gasteiger partial charge < -0.3 is 4.74 Å². The number of benzene rings is 1. The highest BCUT2D eigenvalue weighted by atomic mass is 32.2. The van der Waals surface area contributed by atoms with E-state index >= 15 is 0 Å². The minimum atomic E-state index is -4.33. The van der Waals surface area contributed by atoms with Gasteiger partial charge in [-0.1, -0.05) is 30.3 Å². The van der Waals surface area contributed by atoms with Crippen molar-refractivity contribution in [2.75, 3.05) is 19.4 Å². The summed E-state index contributed by atoms with van der Waals surface area (Å²) < 4.78 is 76.0. The molecule has 90 valence electrons. The molecule has 1 rings (SSSR count). The Morgan fingerprint density at radius 3 is 2.56 bits per heavy atom. The van der Waals surface area contributed by atoms with Crippen LogP contribution in [-0.2, 0) is 25.6 Å². The molecule has 4 nitrogen and oxygen atoms in total. The van der Waals surface area contributed by atoms with Crippen molar-refractivity contribution < 1.29 is 25.6 Å². The van der Waals surface area contributed by atoms with E-state index in [1.807, 2.05) is 0 Å². The highest BCUT2D eigenvalue weighted by molar-refractivity contribution is 7.85. The lowest BCUT2D eigenvalue weighted by Gasteiger charge is -2.04. The van der Waals surface area contributed by atoms with Gasteiger partial charge in [0.05, 0.1) is 24.9 Å². The summed E-state index contributed by atoms with van der Waals surface area (Å²) in [7, 11) is -4.33. The summed E-state index contributed by atoms with van der Waals surface area (Å²) in [4.78, 5) is 0. The molecule has 16 heavy (non-hydrogen) atoms. The molecule has 0 aromatic heterocycles. The zero-order valence-electron chi connectivity index (χ0n) is 14.6. The molecule has 0 N–H and O–H groups in total. The lowest BCUT2D eigenvalue weighted by molar-refractivity contribution is 0.108. The molecule has 0 saturated heterocycles. The maximum absolute atomic E-state index is 11.0. The van der Waals surface area contributed by atoms with Crippen molar-refractivity contribution in [1.82, 2.24) is 0 Å². The third-order valence-electron chi connectivity index (χ3n) is 1.45. The number of rotatable bonds is 7. The quantitative estimate of drug-likeness (QED) is 0.689. The fourth-order valence-electron chi connectivity index (χ4n) is 0.847. The summed E-state index contributed by atoms with van der Waals surface area (Å²) in [5.74, 6) is 0. The predicted octanol–water partition coefficient (Wildman–Crippen LogP) is 1.57. The monoisotopic (exact) mass is 250 g/mol. The van der Waals surface area contributed by atoms with Gasteiger partial charge in [0.15, 0.2) is 0 Å². The molecule has 0 aliphatic rings. The van der Waals surface area contributed by atoms with E-state index in [1.54, 1.807) is 30.3 Å². The van der Waals surface area contributed by atoms with Crippen molar-refractivity contribution in [3.63, 3.8) is 0 Å². The van der Waals surface area contributed by atoms with Crippen LogP contribution in [0, 0.1) is 0 Å². The summed E-state index contributed by atoms with van der Waals surface area (Å²) in [6.07, 6.45) is -2.83. The fraction of sp³-hybridized carbons (Fsp3) is 0.455. The van der Waals surface area contributed by atoms with Gasteiger partial charge in [0, 0.05) is 9.30 Å². The van der Waals surface area contributed by atoms with Crippen LogP contribution in [0.1, 0.15) is 20.2 Å². The van der Waals surface area contributed by atoms with E-state index < -0.39 is 29.6 Å². The van der Waals surface area contributed by atoms with E-state index in [1.165, 1.54) is 0 Å². The van der Waals surface area contributed by atoms with E-state index in [-0.39, 0.29) is 6.61 Å². The second-order valence-corrected chi connectivity index (χ2v) is 4.47. The molecule has 1 aromatic rings. The number of hydrogen-bond acceptors (Lipinski definition) is 4. The van der Waals surface area contributed by atoms with Gasteiger partial charge in [0.2, 0.25) is 0 Å². The largest absolute Gasteiger partial charge is 0.377 e. The van der Waals surface area contributed by atoms with Gasteiger partial charge in [-0.15, -0.1) is 0 Å². The lowest BCUT2D eigenvalue weighted by Crippen LogP contribution is -2.06. The van der Waals surface area contributed by atoms with Gasteiger partial charge in [-0.05, 0) is 11.9 Å². The maximum Gasteiger partial charge on any atom is 0.264 e. The van der Waals surface area contributed by atoms with E-state index in [0.717, 1.165) is 0 Å². The Balaban J connectivity index is 2.93. The summed E-state index contributed by atoms with van der Waals surface area (Å²) in [6.45, 7) is -6.89. The second-order valence-electron chi connectivity index (χ2n) is 2.89. The Bertz CT molecular complexity index is 602. The first-order valence-corrected chi connectivity index (χ1v) is 6.19. The molecule has 1 aromatic carbocycles. The summed E-state index contributed by atoms with van der Waals surface area (Å²) in [5, 5.41) is 0. The smallest absolute Gasteiger partial charge is 0.264 e. The Labute approximate surface area is 105 Å². The van der Waals surface area contributed by atoms with Crippen molar-refractivity contribution in [2.24, 2.45) is 0 Å². The van der Waals surface area contributed by atoms with Crippen molar-refractivity contribution in [1.29, 1.82) is 0 Å². The average molecular weight is 250 g/mol. The Hall–Kier alpha value is -0.910. The third-order valence-corrected chi connectivity index (χ3v) is 1.84. The van der Waals surface area contributed by atoms with E-state index in [9.17, 15) is 8.42 Å². The molecule has 0 atom stereocenters. The Morgan fingerprint density at radius 1 is 1.25 bits per heavy atom. The first kappa shape index (κ1) is 6.74. The first-order chi connectivity index (χ1) is 9.79. The number of ether oxygens (including phenoxy) is 1. The van der Waals surface area contributed by atoms with E-state index in [2.05, 4.69) is 4.18 Å². The van der Waals surface area contributed by atoms with Crippen LogP contribution in [0.25, 0.3) is 0 Å². The summed E-state index contributed by atoms with van der Waals surface area (Å²) in [6, 6.07) is 8.32. The topological polar surface area (TPSA) is 52.6 Å². The van der Waals surface area contributed by atoms with Gasteiger partial charge in [-0.25, -0.2) is 0 Å². The third kappa shape index (κ3) is 6.55. The molecule has 0 saturated carbocycles. The molecular weight excluding hydrogens is 228 g/mol. The fourth-order valence-corrected chi connectivity index (χ4v) is 1.04. The van der Waals surface area contributed by atoms with Crippen LogP contribution in [0.15, 0.2) is 30.3 Å². The van der Waals surface area contributed by atoms with Crippen molar-refractivity contribution in [3.05, 3.63) is 35.9 Å². The summed E-state index contributed by atoms with van der Waals surface area (Å²) in [5.41, 5.74) is 0.548. The maximum atomic E-state index is 11.0. The van der Waals surface area contributed by atoms with Gasteiger partial charge in [0.25, 0.3) is 10.1 Å². The standard InChI is InChI=1S/C11H16O4S/c1-16(12,13)15-9-5-8-14-10-11-6-3-2-4-7-11/h2-4,6-7H,5,8-10H2,1H3/i5D2,8D2,9D2. The molecule has 0 aliphatic carbocycles. The SMILES string of the molecule is [2H]C([2H])(OCc1ccccc1)C([2H])([2H])C([2H])([2H])OS(C)(=O)=O. The Kier molecular flexibility index (Phi) is 2.79. The second kappa shape index (κ2) is 6.62. The van der Waals surface area contributed by atoms with Gasteiger partial charge in [-0.3, -0.25) is 4.18 Å². The Morgan fingerprint density at radius 2 is 1.94 bits per heavy atom. The molecule has 0 bridgehead atoms. The van der Waals surface area contributed by atoms with Crippen LogP contribution in [0.3, 0.4) is 0 Å². The van der Waals surface area contributed by atoms with E-state index in [0.29, 0.717) is 11.8 Å². The molecule has 0 spiro atoms. The van der Waals surface area contributed by atoms with Crippen LogP contribution in [0.5, 0.6) is 0 Å². The highest BCUT2D eigenvalue weighted by Gasteiger charge is 2.00. The van der Waals surface area contributed by atoms with Crippen LogP contribution in [0.2, 0.25) is 0 Å². The van der Waals surface area contributed by atoms with Gasteiger partial charge >= 0.3 is 0 Å².